The Hall–Kier alpha value is -1.55. The summed E-state index contributed by atoms with van der Waals surface area (Å²) in [6.45, 7) is 6.30. The van der Waals surface area contributed by atoms with Crippen molar-refractivity contribution in [1.82, 2.24) is 9.78 Å². The zero-order valence-corrected chi connectivity index (χ0v) is 12.5. The Morgan fingerprint density at radius 1 is 1.53 bits per heavy atom. The Morgan fingerprint density at radius 2 is 2.21 bits per heavy atom. The first-order valence-corrected chi connectivity index (χ1v) is 6.61. The number of allylic oxidation sites excluding steroid dienone is 2. The minimum absolute atomic E-state index is 0.0585. The Morgan fingerprint density at radius 3 is 2.74 bits per heavy atom. The van der Waals surface area contributed by atoms with Crippen LogP contribution in [0.3, 0.4) is 0 Å². The van der Waals surface area contributed by atoms with Gasteiger partial charge in [0.1, 0.15) is 0 Å². The molecule has 0 saturated carbocycles. The van der Waals surface area contributed by atoms with Gasteiger partial charge in [0.2, 0.25) is 0 Å². The van der Waals surface area contributed by atoms with Crippen molar-refractivity contribution < 1.29 is 4.79 Å². The van der Waals surface area contributed by atoms with Crippen molar-refractivity contribution in [2.24, 2.45) is 7.05 Å². The first-order chi connectivity index (χ1) is 8.90. The number of halogens is 1. The van der Waals surface area contributed by atoms with E-state index in [4.69, 9.17) is 11.6 Å². The lowest BCUT2D eigenvalue weighted by atomic mass is 10.2. The van der Waals surface area contributed by atoms with Gasteiger partial charge in [-0.1, -0.05) is 23.3 Å². The lowest BCUT2D eigenvalue weighted by Crippen LogP contribution is -2.26. The quantitative estimate of drug-likeness (QED) is 0.798. The number of carbonyl (C=O) groups excluding carboxylic acids is 1. The molecule has 1 aliphatic rings. The summed E-state index contributed by atoms with van der Waals surface area (Å²) in [4.78, 5) is 13.6. The minimum Gasteiger partial charge on any atom is -0.286 e. The lowest BCUT2D eigenvalue weighted by molar-refractivity contribution is -0.114. The lowest BCUT2D eigenvalue weighted by Gasteiger charge is -2.11. The van der Waals surface area contributed by atoms with Crippen molar-refractivity contribution in [3.8, 4) is 0 Å². The van der Waals surface area contributed by atoms with E-state index >= 15 is 0 Å². The number of hydrogen-bond acceptors (Lipinski definition) is 2. The number of hydrogen-bond donors (Lipinski definition) is 0. The van der Waals surface area contributed by atoms with E-state index in [1.807, 2.05) is 17.8 Å². The second-order valence-corrected chi connectivity index (χ2v) is 5.48. The number of aryl methyl sites for hydroxylation is 1. The van der Waals surface area contributed by atoms with Crippen LogP contribution in [0.2, 0.25) is 0 Å². The highest BCUT2D eigenvalue weighted by atomic mass is 35.5. The van der Waals surface area contributed by atoms with Gasteiger partial charge >= 0.3 is 0 Å². The maximum absolute atomic E-state index is 12.0. The van der Waals surface area contributed by atoms with Crippen LogP contribution in [-0.2, 0) is 18.3 Å². The monoisotopic (exact) mass is 279 g/mol. The van der Waals surface area contributed by atoms with Gasteiger partial charge in [-0.15, -0.1) is 0 Å². The van der Waals surface area contributed by atoms with Crippen molar-refractivity contribution in [3.63, 3.8) is 0 Å². The summed E-state index contributed by atoms with van der Waals surface area (Å²) in [5, 5.41) is 5.00. The third-order valence-electron chi connectivity index (χ3n) is 3.23. The van der Waals surface area contributed by atoms with Crippen LogP contribution < -0.4 is 4.90 Å². The molecule has 0 aromatic carbocycles. The molecule has 5 heteroatoms. The Balaban J connectivity index is 2.22. The molecule has 0 fully saturated rings. The van der Waals surface area contributed by atoms with Gasteiger partial charge in [-0.2, -0.15) is 5.10 Å². The average Bonchev–Trinajstić information content (AvgIpc) is 2.82. The summed E-state index contributed by atoms with van der Waals surface area (Å²) in [6.07, 6.45) is 2.96. The van der Waals surface area contributed by atoms with Crippen LogP contribution >= 0.6 is 11.6 Å². The summed E-state index contributed by atoms with van der Waals surface area (Å²) < 4.78 is 1.81. The molecule has 1 aromatic heterocycles. The zero-order chi connectivity index (χ0) is 14.2. The normalized spacial score (nSPS) is 15.4. The van der Waals surface area contributed by atoms with Gasteiger partial charge in [0.25, 0.3) is 5.91 Å². The van der Waals surface area contributed by atoms with Gasteiger partial charge in [-0.3, -0.25) is 14.4 Å². The zero-order valence-electron chi connectivity index (χ0n) is 11.7. The molecule has 1 aromatic rings. The second kappa shape index (κ2) is 5.21. The molecule has 1 amide bonds. The molecule has 0 radical (unpaired) electrons. The van der Waals surface area contributed by atoms with Crippen molar-refractivity contribution >= 4 is 23.3 Å². The van der Waals surface area contributed by atoms with Gasteiger partial charge in [0.15, 0.2) is 5.82 Å². The van der Waals surface area contributed by atoms with E-state index in [1.165, 1.54) is 5.57 Å². The molecule has 0 saturated heterocycles. The highest BCUT2D eigenvalue weighted by Crippen LogP contribution is 2.27. The maximum Gasteiger partial charge on any atom is 0.256 e. The molecule has 0 spiro atoms. The fourth-order valence-corrected chi connectivity index (χ4v) is 2.15. The fraction of sp³-hybridized carbons (Fsp3) is 0.429. The van der Waals surface area contributed by atoms with Gasteiger partial charge in [-0.25, -0.2) is 0 Å². The van der Waals surface area contributed by atoms with Gasteiger partial charge in [0, 0.05) is 35.8 Å². The summed E-state index contributed by atoms with van der Waals surface area (Å²) in [7, 11) is 1.89. The van der Waals surface area contributed by atoms with E-state index in [9.17, 15) is 4.79 Å². The molecule has 0 atom stereocenters. The molecule has 19 heavy (non-hydrogen) atoms. The molecule has 1 aliphatic heterocycles. The number of nitrogens with zero attached hydrogens (tertiary/aromatic N) is 3. The van der Waals surface area contributed by atoms with E-state index in [2.05, 4.69) is 25.0 Å². The number of rotatable bonds is 3. The standard InChI is InChI=1S/C14H18ClN3O/c1-9(2)5-6-11-7-13(16-17(11)4)18-8-12(15)10(3)14(18)19/h5,7H,6,8H2,1-4H3. The van der Waals surface area contributed by atoms with Crippen LogP contribution in [-0.4, -0.2) is 22.2 Å². The van der Waals surface area contributed by atoms with Crippen LogP contribution in [0.15, 0.2) is 28.3 Å². The van der Waals surface area contributed by atoms with E-state index in [1.54, 1.807) is 11.8 Å². The van der Waals surface area contributed by atoms with Gasteiger partial charge in [-0.05, 0) is 20.8 Å². The third kappa shape index (κ3) is 2.73. The third-order valence-corrected chi connectivity index (χ3v) is 3.63. The minimum atomic E-state index is -0.0585. The summed E-state index contributed by atoms with van der Waals surface area (Å²) >= 11 is 6.02. The molecular formula is C14H18ClN3O. The van der Waals surface area contributed by atoms with Gasteiger partial charge in [0.05, 0.1) is 6.54 Å². The molecule has 0 N–H and O–H groups in total. The van der Waals surface area contributed by atoms with Crippen LogP contribution in [0.5, 0.6) is 0 Å². The molecule has 2 heterocycles. The van der Waals surface area contributed by atoms with E-state index in [0.717, 1.165) is 12.1 Å². The SMILES string of the molecule is CC(C)=CCc1cc(N2CC(Cl)=C(C)C2=O)nn1C. The van der Waals surface area contributed by atoms with Crippen molar-refractivity contribution in [2.75, 3.05) is 11.4 Å². The predicted octanol–water partition coefficient (Wildman–Crippen LogP) is 2.79. The number of amides is 1. The number of carbonyl (C=O) groups is 1. The highest BCUT2D eigenvalue weighted by Gasteiger charge is 2.29. The van der Waals surface area contributed by atoms with Crippen LogP contribution in [0.1, 0.15) is 26.5 Å². The molecule has 0 unspecified atom stereocenters. The fourth-order valence-electron chi connectivity index (χ4n) is 1.95. The van der Waals surface area contributed by atoms with Crippen LogP contribution in [0.25, 0.3) is 0 Å². The molecule has 0 bridgehead atoms. The topological polar surface area (TPSA) is 38.1 Å². The van der Waals surface area contributed by atoms with Crippen molar-refractivity contribution in [3.05, 3.63) is 34.0 Å². The molecular weight excluding hydrogens is 262 g/mol. The molecule has 2 rings (SSSR count). The number of aromatic nitrogens is 2. The largest absolute Gasteiger partial charge is 0.286 e. The first-order valence-electron chi connectivity index (χ1n) is 6.23. The first kappa shape index (κ1) is 13.9. The van der Waals surface area contributed by atoms with Crippen molar-refractivity contribution in [2.45, 2.75) is 27.2 Å². The average molecular weight is 280 g/mol. The highest BCUT2D eigenvalue weighted by molar-refractivity contribution is 6.35. The Kier molecular flexibility index (Phi) is 3.80. The van der Waals surface area contributed by atoms with Crippen LogP contribution in [0.4, 0.5) is 5.82 Å². The van der Waals surface area contributed by atoms with Crippen LogP contribution in [0, 0.1) is 0 Å². The van der Waals surface area contributed by atoms with E-state index in [0.29, 0.717) is 23.0 Å². The van der Waals surface area contributed by atoms with Crippen molar-refractivity contribution in [1.29, 1.82) is 0 Å². The summed E-state index contributed by atoms with van der Waals surface area (Å²) in [6, 6.07) is 1.94. The molecule has 0 aliphatic carbocycles. The molecule has 4 nitrogen and oxygen atoms in total. The predicted molar refractivity (Wildman–Crippen MR) is 77.2 cm³/mol. The van der Waals surface area contributed by atoms with E-state index < -0.39 is 0 Å². The number of anilines is 1. The summed E-state index contributed by atoms with van der Waals surface area (Å²) in [5.74, 6) is 0.608. The van der Waals surface area contributed by atoms with E-state index in [-0.39, 0.29) is 5.91 Å². The maximum atomic E-state index is 12.0. The smallest absolute Gasteiger partial charge is 0.256 e. The Labute approximate surface area is 118 Å². The molecule has 102 valence electrons. The van der Waals surface area contributed by atoms with Gasteiger partial charge < -0.3 is 0 Å². The second-order valence-electron chi connectivity index (χ2n) is 5.02. The summed E-state index contributed by atoms with van der Waals surface area (Å²) in [5.41, 5.74) is 2.95. The Bertz CT molecular complexity index is 580.